The van der Waals surface area contributed by atoms with Crippen molar-refractivity contribution in [3.05, 3.63) is 66.6 Å². The number of amides is 1. The molecule has 0 saturated carbocycles. The van der Waals surface area contributed by atoms with Gasteiger partial charge in [-0.1, -0.05) is 30.3 Å². The van der Waals surface area contributed by atoms with Gasteiger partial charge >= 0.3 is 5.97 Å². The maximum atomic E-state index is 12.5. The molecular formula is C23H23N3O6S. The molecule has 1 heterocycles. The minimum atomic E-state index is -3.81. The summed E-state index contributed by atoms with van der Waals surface area (Å²) in [5, 5.41) is 10.5. The largest absolute Gasteiger partial charge is 0.467 e. The molecule has 0 atom stereocenters. The van der Waals surface area contributed by atoms with E-state index in [1.807, 2.05) is 30.3 Å². The Morgan fingerprint density at radius 3 is 2.61 bits per heavy atom. The Labute approximate surface area is 191 Å². The molecule has 0 bridgehead atoms. The van der Waals surface area contributed by atoms with E-state index in [1.165, 1.54) is 17.2 Å². The monoisotopic (exact) mass is 469 g/mol. The highest BCUT2D eigenvalue weighted by Gasteiger charge is 2.18. The summed E-state index contributed by atoms with van der Waals surface area (Å²) in [5.74, 6) is -0.662. The van der Waals surface area contributed by atoms with Crippen molar-refractivity contribution >= 4 is 32.7 Å². The maximum Gasteiger partial charge on any atom is 0.307 e. The van der Waals surface area contributed by atoms with Crippen molar-refractivity contribution in [3.63, 3.8) is 0 Å². The van der Waals surface area contributed by atoms with Crippen LogP contribution in [0.3, 0.4) is 0 Å². The number of carbonyl (C=O) groups is 2. The van der Waals surface area contributed by atoms with Crippen LogP contribution in [0.15, 0.2) is 70.2 Å². The molecule has 0 fully saturated rings. The minimum Gasteiger partial charge on any atom is -0.467 e. The summed E-state index contributed by atoms with van der Waals surface area (Å²) in [6.07, 6.45) is 1.36. The van der Waals surface area contributed by atoms with E-state index < -0.39 is 28.5 Å². The lowest BCUT2D eigenvalue weighted by molar-refractivity contribution is -0.152. The molecule has 10 heteroatoms. The average molecular weight is 470 g/mol. The van der Waals surface area contributed by atoms with Crippen molar-refractivity contribution in [2.75, 3.05) is 19.7 Å². The Hall–Kier alpha value is -3.68. The number of carbonyl (C=O) groups excluding carboxylic acids is 2. The normalized spacial score (nSPS) is 11.1. The van der Waals surface area contributed by atoms with Gasteiger partial charge < -0.3 is 14.1 Å². The van der Waals surface area contributed by atoms with E-state index in [1.54, 1.807) is 24.3 Å². The van der Waals surface area contributed by atoms with Crippen LogP contribution >= 0.6 is 0 Å². The third kappa shape index (κ3) is 6.90. The number of benzene rings is 2. The molecule has 172 valence electrons. The number of nitrogens with one attached hydrogen (secondary N) is 1. The van der Waals surface area contributed by atoms with Crippen LogP contribution < -0.4 is 4.72 Å². The predicted molar refractivity (Wildman–Crippen MR) is 119 cm³/mol. The molecule has 0 unspecified atom stereocenters. The summed E-state index contributed by atoms with van der Waals surface area (Å²) in [6, 6.07) is 17.5. The fourth-order valence-electron chi connectivity index (χ4n) is 3.08. The molecule has 3 rings (SSSR count). The van der Waals surface area contributed by atoms with Gasteiger partial charge in [-0.25, -0.2) is 13.1 Å². The van der Waals surface area contributed by atoms with Crippen LogP contribution in [0.1, 0.15) is 18.6 Å². The highest BCUT2D eigenvalue weighted by atomic mass is 32.2. The Kier molecular flexibility index (Phi) is 8.18. The lowest BCUT2D eigenvalue weighted by atomic mass is 10.1. The molecule has 1 aromatic heterocycles. The van der Waals surface area contributed by atoms with Crippen molar-refractivity contribution < 1.29 is 27.2 Å². The second-order valence-corrected chi connectivity index (χ2v) is 8.89. The van der Waals surface area contributed by atoms with Crippen LogP contribution in [0.2, 0.25) is 0 Å². The molecule has 0 aliphatic rings. The van der Waals surface area contributed by atoms with E-state index in [0.29, 0.717) is 5.76 Å². The van der Waals surface area contributed by atoms with Crippen molar-refractivity contribution in [1.82, 2.24) is 9.62 Å². The number of hydrogen-bond donors (Lipinski definition) is 1. The highest BCUT2D eigenvalue weighted by molar-refractivity contribution is 7.89. The van der Waals surface area contributed by atoms with Gasteiger partial charge in [-0.2, -0.15) is 5.26 Å². The fraction of sp³-hybridized carbons (Fsp3) is 0.261. The fourth-order valence-corrected chi connectivity index (χ4v) is 4.15. The number of nitriles is 1. The second kappa shape index (κ2) is 11.3. The Bertz CT molecular complexity index is 1250. The Balaban J connectivity index is 1.47. The molecule has 1 amide bonds. The summed E-state index contributed by atoms with van der Waals surface area (Å²) >= 11 is 0. The predicted octanol–water partition coefficient (Wildman–Crippen LogP) is 2.59. The molecule has 0 saturated heterocycles. The van der Waals surface area contributed by atoms with Crippen LogP contribution in [0.25, 0.3) is 10.8 Å². The lowest BCUT2D eigenvalue weighted by Gasteiger charge is -2.20. The molecule has 33 heavy (non-hydrogen) atoms. The van der Waals surface area contributed by atoms with Crippen molar-refractivity contribution in [1.29, 1.82) is 5.26 Å². The summed E-state index contributed by atoms with van der Waals surface area (Å²) < 4.78 is 37.6. The molecule has 9 nitrogen and oxygen atoms in total. The first-order chi connectivity index (χ1) is 15.9. The number of esters is 1. The number of hydrogen-bond acceptors (Lipinski definition) is 7. The molecule has 0 radical (unpaired) electrons. The third-order valence-electron chi connectivity index (χ3n) is 4.78. The SMILES string of the molecule is N#CCCN(Cc1ccco1)C(=O)COC(=O)CCNS(=O)(=O)c1ccc2ccccc2c1. The van der Waals surface area contributed by atoms with Crippen molar-refractivity contribution in [3.8, 4) is 6.07 Å². The number of furan rings is 1. The molecule has 1 N–H and O–H groups in total. The van der Waals surface area contributed by atoms with E-state index in [2.05, 4.69) is 4.72 Å². The van der Waals surface area contributed by atoms with Crippen LogP contribution in [-0.4, -0.2) is 44.9 Å². The van der Waals surface area contributed by atoms with Crippen LogP contribution in [0.4, 0.5) is 0 Å². The quantitative estimate of drug-likeness (QED) is 0.427. The van der Waals surface area contributed by atoms with E-state index in [0.717, 1.165) is 10.8 Å². The zero-order chi connectivity index (χ0) is 23.7. The van der Waals surface area contributed by atoms with E-state index in [4.69, 9.17) is 14.4 Å². The molecule has 0 aliphatic carbocycles. The summed E-state index contributed by atoms with van der Waals surface area (Å²) in [7, 11) is -3.81. The highest BCUT2D eigenvalue weighted by Crippen LogP contribution is 2.18. The zero-order valence-electron chi connectivity index (χ0n) is 17.8. The number of ether oxygens (including phenoxy) is 1. The van der Waals surface area contributed by atoms with Crippen LogP contribution in [0.5, 0.6) is 0 Å². The van der Waals surface area contributed by atoms with Crippen LogP contribution in [0, 0.1) is 11.3 Å². The van der Waals surface area contributed by atoms with Gasteiger partial charge in [-0.05, 0) is 35.0 Å². The van der Waals surface area contributed by atoms with Gasteiger partial charge in [-0.3, -0.25) is 9.59 Å². The van der Waals surface area contributed by atoms with Gasteiger partial charge in [-0.15, -0.1) is 0 Å². The molecular weight excluding hydrogens is 446 g/mol. The average Bonchev–Trinajstić information content (AvgIpc) is 3.33. The third-order valence-corrected chi connectivity index (χ3v) is 6.24. The first kappa shape index (κ1) is 24.0. The molecule has 0 spiro atoms. The number of nitrogens with zero attached hydrogens (tertiary/aromatic N) is 2. The van der Waals surface area contributed by atoms with Gasteiger partial charge in [0.1, 0.15) is 5.76 Å². The second-order valence-electron chi connectivity index (χ2n) is 7.12. The topological polar surface area (TPSA) is 130 Å². The molecule has 0 aliphatic heterocycles. The standard InChI is InChI=1S/C23H23N3O6S/c24-11-4-13-26(16-20-7-3-14-31-20)22(27)17-32-23(28)10-12-25-33(29,30)21-9-8-18-5-1-2-6-19(18)15-21/h1-3,5-9,14-15,25H,4,10,12-13,16-17H2. The van der Waals surface area contributed by atoms with Crippen LogP contribution in [-0.2, 0) is 30.9 Å². The smallest absolute Gasteiger partial charge is 0.307 e. The van der Waals surface area contributed by atoms with E-state index >= 15 is 0 Å². The maximum absolute atomic E-state index is 12.5. The lowest BCUT2D eigenvalue weighted by Crippen LogP contribution is -2.35. The summed E-state index contributed by atoms with van der Waals surface area (Å²) in [6.45, 7) is -0.370. The Morgan fingerprint density at radius 2 is 1.88 bits per heavy atom. The van der Waals surface area contributed by atoms with Gasteiger partial charge in [0.2, 0.25) is 10.0 Å². The molecule has 3 aromatic rings. The molecule has 2 aromatic carbocycles. The zero-order valence-corrected chi connectivity index (χ0v) is 18.6. The van der Waals surface area contributed by atoms with Gasteiger partial charge in [0.05, 0.1) is 36.6 Å². The Morgan fingerprint density at radius 1 is 1.09 bits per heavy atom. The minimum absolute atomic E-state index is 0.0933. The first-order valence-corrected chi connectivity index (χ1v) is 11.7. The van der Waals surface area contributed by atoms with Crippen molar-refractivity contribution in [2.24, 2.45) is 0 Å². The van der Waals surface area contributed by atoms with Crippen molar-refractivity contribution in [2.45, 2.75) is 24.3 Å². The number of rotatable bonds is 11. The summed E-state index contributed by atoms with van der Waals surface area (Å²) in [5.41, 5.74) is 0. The van der Waals surface area contributed by atoms with E-state index in [9.17, 15) is 18.0 Å². The first-order valence-electron chi connectivity index (χ1n) is 10.2. The van der Waals surface area contributed by atoms with E-state index in [-0.39, 0.29) is 37.4 Å². The number of sulfonamides is 1. The van der Waals surface area contributed by atoms with Gasteiger partial charge in [0.25, 0.3) is 5.91 Å². The van der Waals surface area contributed by atoms with Gasteiger partial charge in [0.15, 0.2) is 6.61 Å². The number of fused-ring (bicyclic) bond motifs is 1. The van der Waals surface area contributed by atoms with Gasteiger partial charge in [0, 0.05) is 13.1 Å². The summed E-state index contributed by atoms with van der Waals surface area (Å²) in [4.78, 5) is 25.8.